The van der Waals surface area contributed by atoms with Gasteiger partial charge in [0.25, 0.3) is 0 Å². The highest BCUT2D eigenvalue weighted by atomic mass is 16.2. The molecule has 1 unspecified atom stereocenters. The number of nitrogens with two attached hydrogens (primary N) is 1. The number of likely N-dealkylation sites (tertiary alicyclic amines) is 1. The summed E-state index contributed by atoms with van der Waals surface area (Å²) in [5.74, 6) is 0.282. The Morgan fingerprint density at radius 2 is 2.10 bits per heavy atom. The van der Waals surface area contributed by atoms with Crippen LogP contribution in [0.15, 0.2) is 0 Å². The average Bonchev–Trinajstić information content (AvgIpc) is 3.30. The maximum absolute atomic E-state index is 12.3. The zero-order chi connectivity index (χ0) is 15.2. The van der Waals surface area contributed by atoms with E-state index >= 15 is 0 Å². The molecule has 0 aromatic heterocycles. The predicted octanol–water partition coefficient (Wildman–Crippen LogP) is -0.216. The number of amides is 2. The van der Waals surface area contributed by atoms with Gasteiger partial charge < -0.3 is 16.0 Å². The van der Waals surface area contributed by atoms with E-state index in [1.54, 1.807) is 0 Å². The van der Waals surface area contributed by atoms with Crippen molar-refractivity contribution in [1.29, 1.82) is 0 Å². The van der Waals surface area contributed by atoms with Crippen molar-refractivity contribution in [1.82, 2.24) is 15.1 Å². The zero-order valence-electron chi connectivity index (χ0n) is 13.0. The fourth-order valence-corrected chi connectivity index (χ4v) is 3.06. The minimum Gasteiger partial charge on any atom is -0.355 e. The summed E-state index contributed by atoms with van der Waals surface area (Å²) in [7, 11) is 0. The molecule has 6 nitrogen and oxygen atoms in total. The van der Waals surface area contributed by atoms with Crippen LogP contribution < -0.4 is 11.1 Å². The normalized spacial score (nSPS) is 22.9. The largest absolute Gasteiger partial charge is 0.355 e. The van der Waals surface area contributed by atoms with Gasteiger partial charge in [0, 0.05) is 32.2 Å². The highest BCUT2D eigenvalue weighted by molar-refractivity contribution is 5.80. The van der Waals surface area contributed by atoms with Gasteiger partial charge in [-0.3, -0.25) is 14.5 Å². The fourth-order valence-electron chi connectivity index (χ4n) is 3.06. The SMILES string of the molecule is CCN(C(=O)CN1CCCC(C(=O)NCCN)C1)C1CC1. The maximum atomic E-state index is 12.3. The minimum atomic E-state index is -0.00546. The van der Waals surface area contributed by atoms with Gasteiger partial charge >= 0.3 is 0 Å². The number of hydrogen-bond acceptors (Lipinski definition) is 4. The third-order valence-corrected chi connectivity index (χ3v) is 4.33. The molecule has 1 heterocycles. The molecule has 120 valence electrons. The average molecular weight is 296 g/mol. The minimum absolute atomic E-state index is 0.00546. The lowest BCUT2D eigenvalue weighted by molar-refractivity contribution is -0.135. The summed E-state index contributed by atoms with van der Waals surface area (Å²) in [4.78, 5) is 28.5. The first-order chi connectivity index (χ1) is 10.2. The molecule has 3 N–H and O–H groups in total. The first-order valence-corrected chi connectivity index (χ1v) is 8.15. The molecule has 2 amide bonds. The van der Waals surface area contributed by atoms with Crippen LogP contribution in [0.25, 0.3) is 0 Å². The molecule has 21 heavy (non-hydrogen) atoms. The third-order valence-electron chi connectivity index (χ3n) is 4.33. The molecule has 0 radical (unpaired) electrons. The molecule has 2 aliphatic rings. The molecule has 0 bridgehead atoms. The van der Waals surface area contributed by atoms with Crippen molar-refractivity contribution in [2.45, 2.75) is 38.6 Å². The maximum Gasteiger partial charge on any atom is 0.236 e. The first kappa shape index (κ1) is 16.2. The molecular weight excluding hydrogens is 268 g/mol. The van der Waals surface area contributed by atoms with Crippen LogP contribution in [0, 0.1) is 5.92 Å². The van der Waals surface area contributed by atoms with Gasteiger partial charge in [0.05, 0.1) is 12.5 Å². The lowest BCUT2D eigenvalue weighted by Crippen LogP contribution is -2.48. The van der Waals surface area contributed by atoms with Gasteiger partial charge in [-0.05, 0) is 39.2 Å². The van der Waals surface area contributed by atoms with Crippen molar-refractivity contribution in [2.75, 3.05) is 39.3 Å². The van der Waals surface area contributed by atoms with Gasteiger partial charge in [-0.2, -0.15) is 0 Å². The smallest absolute Gasteiger partial charge is 0.236 e. The van der Waals surface area contributed by atoms with Gasteiger partial charge in [-0.15, -0.1) is 0 Å². The topological polar surface area (TPSA) is 78.7 Å². The lowest BCUT2D eigenvalue weighted by atomic mass is 9.97. The predicted molar refractivity (Wildman–Crippen MR) is 81.6 cm³/mol. The second kappa shape index (κ2) is 7.75. The highest BCUT2D eigenvalue weighted by Gasteiger charge is 2.33. The number of piperidine rings is 1. The van der Waals surface area contributed by atoms with Crippen molar-refractivity contribution in [3.8, 4) is 0 Å². The third kappa shape index (κ3) is 4.68. The molecule has 1 saturated heterocycles. The number of hydrogen-bond donors (Lipinski definition) is 2. The summed E-state index contributed by atoms with van der Waals surface area (Å²) < 4.78 is 0. The van der Waals surface area contributed by atoms with E-state index in [4.69, 9.17) is 5.73 Å². The molecule has 1 saturated carbocycles. The standard InChI is InChI=1S/C15H28N4O2/c1-2-19(13-5-6-13)14(20)11-18-9-3-4-12(10-18)15(21)17-8-7-16/h12-13H,2-11,16H2,1H3,(H,17,21). The summed E-state index contributed by atoms with van der Waals surface area (Å²) in [5.41, 5.74) is 5.41. The van der Waals surface area contributed by atoms with Crippen LogP contribution in [0.1, 0.15) is 32.6 Å². The molecule has 2 fully saturated rings. The van der Waals surface area contributed by atoms with Crippen molar-refractivity contribution < 1.29 is 9.59 Å². The van der Waals surface area contributed by atoms with E-state index in [0.29, 0.717) is 32.2 Å². The Bertz CT molecular complexity index is 371. The summed E-state index contributed by atoms with van der Waals surface area (Å²) in [6.45, 7) is 5.87. The molecule has 1 aliphatic carbocycles. The second-order valence-corrected chi connectivity index (χ2v) is 6.06. The Hall–Kier alpha value is -1.14. The van der Waals surface area contributed by atoms with E-state index in [-0.39, 0.29) is 17.7 Å². The van der Waals surface area contributed by atoms with Crippen LogP contribution in [0.4, 0.5) is 0 Å². The molecule has 1 atom stereocenters. The summed E-state index contributed by atoms with van der Waals surface area (Å²) in [6.07, 6.45) is 4.16. The molecular formula is C15H28N4O2. The molecule has 1 aliphatic heterocycles. The quantitative estimate of drug-likeness (QED) is 0.681. The summed E-state index contributed by atoms with van der Waals surface area (Å²) in [6, 6.07) is 0.468. The van der Waals surface area contributed by atoms with Gasteiger partial charge in [-0.25, -0.2) is 0 Å². The van der Waals surface area contributed by atoms with E-state index in [9.17, 15) is 9.59 Å². The van der Waals surface area contributed by atoms with Crippen LogP contribution in [-0.2, 0) is 9.59 Å². The van der Waals surface area contributed by atoms with Gasteiger partial charge in [0.15, 0.2) is 0 Å². The van der Waals surface area contributed by atoms with E-state index in [2.05, 4.69) is 10.2 Å². The summed E-state index contributed by atoms with van der Waals surface area (Å²) in [5, 5.41) is 2.85. The van der Waals surface area contributed by atoms with Crippen LogP contribution in [-0.4, -0.2) is 66.9 Å². The second-order valence-electron chi connectivity index (χ2n) is 6.06. The number of rotatable bonds is 7. The summed E-state index contributed by atoms with van der Waals surface area (Å²) >= 11 is 0. The number of likely N-dealkylation sites (N-methyl/N-ethyl adjacent to an activating group) is 1. The Morgan fingerprint density at radius 1 is 1.33 bits per heavy atom. The highest BCUT2D eigenvalue weighted by Crippen LogP contribution is 2.27. The lowest BCUT2D eigenvalue weighted by Gasteiger charge is -2.33. The Morgan fingerprint density at radius 3 is 2.71 bits per heavy atom. The Labute approximate surface area is 127 Å². The molecule has 0 spiro atoms. The molecule has 0 aromatic rings. The van der Waals surface area contributed by atoms with Crippen molar-refractivity contribution in [3.63, 3.8) is 0 Å². The fraction of sp³-hybridized carbons (Fsp3) is 0.867. The van der Waals surface area contributed by atoms with Crippen molar-refractivity contribution >= 4 is 11.8 Å². The molecule has 0 aromatic carbocycles. The van der Waals surface area contributed by atoms with Crippen LogP contribution in [0.5, 0.6) is 0 Å². The Kier molecular flexibility index (Phi) is 5.99. The molecule has 6 heteroatoms. The monoisotopic (exact) mass is 296 g/mol. The first-order valence-electron chi connectivity index (χ1n) is 8.15. The van der Waals surface area contributed by atoms with Crippen molar-refractivity contribution in [2.24, 2.45) is 11.7 Å². The van der Waals surface area contributed by atoms with E-state index in [1.165, 1.54) is 0 Å². The van der Waals surface area contributed by atoms with E-state index < -0.39 is 0 Å². The number of nitrogens with zero attached hydrogens (tertiary/aromatic N) is 2. The van der Waals surface area contributed by atoms with Crippen LogP contribution in [0.3, 0.4) is 0 Å². The number of carbonyl (C=O) groups is 2. The number of nitrogens with one attached hydrogen (secondary N) is 1. The zero-order valence-corrected chi connectivity index (χ0v) is 13.0. The van der Waals surface area contributed by atoms with E-state index in [1.807, 2.05) is 11.8 Å². The van der Waals surface area contributed by atoms with Crippen LogP contribution >= 0.6 is 0 Å². The van der Waals surface area contributed by atoms with Crippen LogP contribution in [0.2, 0.25) is 0 Å². The van der Waals surface area contributed by atoms with Gasteiger partial charge in [0.2, 0.25) is 11.8 Å². The number of carbonyl (C=O) groups excluding carboxylic acids is 2. The molecule has 2 rings (SSSR count). The van der Waals surface area contributed by atoms with Gasteiger partial charge in [0.1, 0.15) is 0 Å². The van der Waals surface area contributed by atoms with E-state index in [0.717, 1.165) is 38.8 Å². The van der Waals surface area contributed by atoms with Gasteiger partial charge in [-0.1, -0.05) is 0 Å². The van der Waals surface area contributed by atoms with Crippen molar-refractivity contribution in [3.05, 3.63) is 0 Å². The Balaban J connectivity index is 1.80.